The first kappa shape index (κ1) is 13.8. The van der Waals surface area contributed by atoms with Crippen LogP contribution in [0.25, 0.3) is 0 Å². The van der Waals surface area contributed by atoms with Gasteiger partial charge in [0.15, 0.2) is 0 Å². The minimum Gasteiger partial charge on any atom is -0.366 e. The Labute approximate surface area is 127 Å². The molecule has 0 unspecified atom stereocenters. The van der Waals surface area contributed by atoms with Gasteiger partial charge in [0.2, 0.25) is 0 Å². The smallest absolute Gasteiger partial charge is 0.0528 e. The van der Waals surface area contributed by atoms with E-state index in [1.54, 1.807) is 0 Å². The zero-order valence-electron chi connectivity index (χ0n) is 13.0. The van der Waals surface area contributed by atoms with Gasteiger partial charge in [0.1, 0.15) is 0 Å². The molecule has 0 bridgehead atoms. The van der Waals surface area contributed by atoms with E-state index in [0.29, 0.717) is 0 Å². The first-order valence-corrected chi connectivity index (χ1v) is 7.47. The molecule has 0 atom stereocenters. The maximum absolute atomic E-state index is 3.35. The number of para-hydroxylation sites is 1. The van der Waals surface area contributed by atoms with Crippen molar-refractivity contribution in [2.45, 2.75) is 27.3 Å². The van der Waals surface area contributed by atoms with Crippen molar-refractivity contribution >= 4 is 5.69 Å². The second-order valence-corrected chi connectivity index (χ2v) is 6.84. The molecule has 1 heterocycles. The quantitative estimate of drug-likeness (QED) is 0.695. The molecule has 0 N–H and O–H groups in total. The van der Waals surface area contributed by atoms with E-state index in [9.17, 15) is 0 Å². The average Bonchev–Trinajstić information content (AvgIpc) is 2.43. The molecule has 1 aliphatic rings. The molecule has 3 rings (SSSR count). The average molecular weight is 275 g/mol. The Morgan fingerprint density at radius 3 is 2.29 bits per heavy atom. The summed E-state index contributed by atoms with van der Waals surface area (Å²) in [7, 11) is 0. The lowest BCUT2D eigenvalue weighted by Gasteiger charge is -2.33. The Morgan fingerprint density at radius 2 is 1.52 bits per heavy atom. The number of hydrogen-bond donors (Lipinski definition) is 0. The summed E-state index contributed by atoms with van der Waals surface area (Å²) < 4.78 is 0. The number of hydrogen-bond acceptors (Lipinski definition) is 1. The van der Waals surface area contributed by atoms with Gasteiger partial charge in [-0.15, -0.1) is 0 Å². The zero-order valence-corrected chi connectivity index (χ0v) is 13.0. The van der Waals surface area contributed by atoms with Crippen molar-refractivity contribution in [2.24, 2.45) is 5.41 Å². The molecule has 2 aromatic carbocycles. The summed E-state index contributed by atoms with van der Waals surface area (Å²) in [5, 5.41) is 0. The molecule has 0 aliphatic carbocycles. The van der Waals surface area contributed by atoms with E-state index in [-0.39, 0.29) is 5.41 Å². The number of fused-ring (bicyclic) bond motifs is 2. The van der Waals surface area contributed by atoms with Gasteiger partial charge in [-0.1, -0.05) is 62.9 Å². The predicted molar refractivity (Wildman–Crippen MR) is 89.4 cm³/mol. The zero-order chi connectivity index (χ0) is 14.9. The highest BCUT2D eigenvalue weighted by atomic mass is 15.1. The van der Waals surface area contributed by atoms with E-state index in [0.717, 1.165) is 24.2 Å². The third kappa shape index (κ3) is 3.11. The summed E-state index contributed by atoms with van der Waals surface area (Å²) >= 11 is 0. The van der Waals surface area contributed by atoms with Crippen LogP contribution in [0.15, 0.2) is 48.5 Å². The second kappa shape index (κ2) is 5.30. The van der Waals surface area contributed by atoms with Crippen LogP contribution >= 0.6 is 0 Å². The van der Waals surface area contributed by atoms with Gasteiger partial charge in [-0.25, -0.2) is 0 Å². The molecule has 1 aliphatic heterocycles. The van der Waals surface area contributed by atoms with E-state index >= 15 is 0 Å². The van der Waals surface area contributed by atoms with E-state index in [2.05, 4.69) is 86.0 Å². The number of benzene rings is 2. The minimum absolute atomic E-state index is 0.245. The Bertz CT molecular complexity index is 710. The summed E-state index contributed by atoms with van der Waals surface area (Å²) in [5.41, 5.74) is 5.06. The molecule has 0 aromatic heterocycles. The first-order valence-electron chi connectivity index (χ1n) is 7.47. The fraction of sp³-hybridized carbons (Fsp3) is 0.300. The van der Waals surface area contributed by atoms with Crippen molar-refractivity contribution in [1.82, 2.24) is 0 Å². The number of nitrogens with zero attached hydrogens (tertiary/aromatic N) is 1. The second-order valence-electron chi connectivity index (χ2n) is 6.84. The molecular weight excluding hydrogens is 254 g/mol. The predicted octanol–water partition coefficient (Wildman–Crippen LogP) is 4.45. The number of rotatable bonds is 1. The van der Waals surface area contributed by atoms with Crippen LogP contribution in [0, 0.1) is 17.3 Å². The van der Waals surface area contributed by atoms with Crippen molar-refractivity contribution in [3.63, 3.8) is 0 Å². The first-order chi connectivity index (χ1) is 10.0. The largest absolute Gasteiger partial charge is 0.366 e. The van der Waals surface area contributed by atoms with Gasteiger partial charge in [-0.2, -0.15) is 0 Å². The molecule has 2 aromatic rings. The Morgan fingerprint density at radius 1 is 0.905 bits per heavy atom. The van der Waals surface area contributed by atoms with Crippen LogP contribution in [-0.4, -0.2) is 6.54 Å². The maximum atomic E-state index is 3.35. The van der Waals surface area contributed by atoms with Crippen LogP contribution in [0.1, 0.15) is 37.5 Å². The van der Waals surface area contributed by atoms with Crippen LogP contribution in [0.5, 0.6) is 0 Å². The molecule has 0 radical (unpaired) electrons. The summed E-state index contributed by atoms with van der Waals surface area (Å²) in [6.45, 7) is 8.78. The van der Waals surface area contributed by atoms with Gasteiger partial charge in [0.25, 0.3) is 0 Å². The summed E-state index contributed by atoms with van der Waals surface area (Å²) in [6, 6.07) is 16.9. The van der Waals surface area contributed by atoms with Crippen molar-refractivity contribution < 1.29 is 0 Å². The lowest BCUT2D eigenvalue weighted by atomic mass is 9.94. The van der Waals surface area contributed by atoms with Crippen LogP contribution < -0.4 is 4.90 Å². The number of anilines is 1. The minimum atomic E-state index is 0.245. The summed E-state index contributed by atoms with van der Waals surface area (Å²) in [6.07, 6.45) is 0. The fourth-order valence-electron chi connectivity index (χ4n) is 2.77. The normalized spacial score (nSPS) is 13.4. The molecule has 1 heteroatoms. The van der Waals surface area contributed by atoms with E-state index in [1.807, 2.05) is 0 Å². The van der Waals surface area contributed by atoms with Gasteiger partial charge >= 0.3 is 0 Å². The van der Waals surface area contributed by atoms with E-state index in [1.165, 1.54) is 11.3 Å². The summed E-state index contributed by atoms with van der Waals surface area (Å²) in [5.74, 6) is 6.67. The maximum Gasteiger partial charge on any atom is 0.0528 e. The highest BCUT2D eigenvalue weighted by Gasteiger charge is 2.20. The van der Waals surface area contributed by atoms with Crippen molar-refractivity contribution in [3.05, 3.63) is 65.2 Å². The molecule has 0 saturated carbocycles. The van der Waals surface area contributed by atoms with Gasteiger partial charge < -0.3 is 4.90 Å². The molecule has 0 amide bonds. The molecular formula is C20H21N. The van der Waals surface area contributed by atoms with Crippen LogP contribution in [0.3, 0.4) is 0 Å². The van der Waals surface area contributed by atoms with Crippen molar-refractivity contribution in [3.8, 4) is 11.8 Å². The molecule has 1 nitrogen and oxygen atoms in total. The van der Waals surface area contributed by atoms with Gasteiger partial charge in [0.05, 0.1) is 5.69 Å². The van der Waals surface area contributed by atoms with E-state index in [4.69, 9.17) is 0 Å². The van der Waals surface area contributed by atoms with Crippen LogP contribution in [0.2, 0.25) is 0 Å². The van der Waals surface area contributed by atoms with Crippen LogP contribution in [0.4, 0.5) is 5.69 Å². The van der Waals surface area contributed by atoms with Gasteiger partial charge in [-0.3, -0.25) is 0 Å². The Kier molecular flexibility index (Phi) is 3.47. The molecule has 106 valence electrons. The summed E-state index contributed by atoms with van der Waals surface area (Å²) in [4.78, 5) is 2.46. The third-order valence-corrected chi connectivity index (χ3v) is 3.62. The van der Waals surface area contributed by atoms with Crippen LogP contribution in [-0.2, 0) is 6.54 Å². The SMILES string of the molecule is CC(C)(C)CN1Cc2ccccc2C#Cc2ccccc21. The lowest BCUT2D eigenvalue weighted by molar-refractivity contribution is 0.408. The molecule has 21 heavy (non-hydrogen) atoms. The monoisotopic (exact) mass is 275 g/mol. The van der Waals surface area contributed by atoms with Gasteiger partial charge in [-0.05, 0) is 29.2 Å². The van der Waals surface area contributed by atoms with Gasteiger partial charge in [0, 0.05) is 24.2 Å². The Balaban J connectivity index is 2.12. The fourth-order valence-corrected chi connectivity index (χ4v) is 2.77. The lowest BCUT2D eigenvalue weighted by Crippen LogP contribution is -2.33. The van der Waals surface area contributed by atoms with E-state index < -0.39 is 0 Å². The molecule has 0 saturated heterocycles. The van der Waals surface area contributed by atoms with Crippen molar-refractivity contribution in [1.29, 1.82) is 0 Å². The molecule has 0 spiro atoms. The third-order valence-electron chi connectivity index (χ3n) is 3.62. The highest BCUT2D eigenvalue weighted by molar-refractivity contribution is 5.64. The topological polar surface area (TPSA) is 3.24 Å². The molecule has 0 fully saturated rings. The standard InChI is InChI=1S/C20H21N/c1-20(2,3)15-21-14-18-10-5-4-8-16(18)12-13-17-9-6-7-11-19(17)21/h4-11H,14-15H2,1-3H3. The van der Waals surface area contributed by atoms with Crippen molar-refractivity contribution in [2.75, 3.05) is 11.4 Å². The highest BCUT2D eigenvalue weighted by Crippen LogP contribution is 2.28. The Hall–Kier alpha value is -2.20.